The van der Waals surface area contributed by atoms with Crippen LogP contribution in [0, 0.1) is 3.57 Å². The first-order chi connectivity index (χ1) is 11.2. The lowest BCUT2D eigenvalue weighted by Gasteiger charge is -2.07. The Morgan fingerprint density at radius 1 is 1.22 bits per heavy atom. The topological polar surface area (TPSA) is 38.5 Å². The predicted octanol–water partition coefficient (Wildman–Crippen LogP) is 3.79. The maximum Gasteiger partial charge on any atom is 0.331 e. The Morgan fingerprint density at radius 2 is 1.96 bits per heavy atom. The zero-order valence-corrected chi connectivity index (χ0v) is 15.2. The van der Waals surface area contributed by atoms with Crippen LogP contribution in [0.1, 0.15) is 18.5 Å². The van der Waals surface area contributed by atoms with E-state index < -0.39 is 0 Å². The largest absolute Gasteiger partial charge is 0.497 e. The monoisotopic (exact) mass is 423 g/mol. The first-order valence-corrected chi connectivity index (χ1v) is 8.58. The second-order valence-electron chi connectivity index (χ2n) is 5.30. The van der Waals surface area contributed by atoms with Crippen LogP contribution in [-0.4, -0.2) is 25.7 Å². The van der Waals surface area contributed by atoms with Gasteiger partial charge in [-0.3, -0.25) is 0 Å². The van der Waals surface area contributed by atoms with Crippen molar-refractivity contribution in [2.45, 2.75) is 19.0 Å². The summed E-state index contributed by atoms with van der Waals surface area (Å²) in [5, 5.41) is 0. The molecule has 0 unspecified atom stereocenters. The smallest absolute Gasteiger partial charge is 0.331 e. The van der Waals surface area contributed by atoms with Gasteiger partial charge in [0.15, 0.2) is 6.04 Å². The van der Waals surface area contributed by atoms with E-state index in [4.69, 9.17) is 9.47 Å². The summed E-state index contributed by atoms with van der Waals surface area (Å²) in [6.45, 7) is 2.23. The molecule has 0 aromatic heterocycles. The quantitative estimate of drug-likeness (QED) is 0.417. The second-order valence-corrected chi connectivity index (χ2v) is 6.55. The standard InChI is InChI=1S/C18H18INO3/c1-3-23-18(21)17-16(12-5-4-6-13(19)11-12)20(17)14-7-9-15(22-2)10-8-14/h4-11,16-17H,3H2,1-2H3/t16-,17-,20?/m0/s1. The maximum atomic E-state index is 12.3. The number of hydrogen-bond donors (Lipinski definition) is 0. The van der Waals surface area contributed by atoms with Gasteiger partial charge < -0.3 is 14.4 Å². The van der Waals surface area contributed by atoms with Crippen LogP contribution in [0.15, 0.2) is 48.5 Å². The van der Waals surface area contributed by atoms with Crippen LogP contribution in [0.3, 0.4) is 0 Å². The first kappa shape index (κ1) is 16.1. The number of ether oxygens (including phenoxy) is 2. The SMILES string of the molecule is CCOC(=O)[C@@H]1[C@H](c2cccc(I)c2)N1c1ccc(OC)cc1. The molecular formula is C18H18INO3. The highest BCUT2D eigenvalue weighted by atomic mass is 127. The average Bonchev–Trinajstić information content (AvgIpc) is 3.31. The van der Waals surface area contributed by atoms with Crippen molar-refractivity contribution in [3.8, 4) is 5.75 Å². The molecule has 0 amide bonds. The zero-order valence-electron chi connectivity index (χ0n) is 13.0. The van der Waals surface area contributed by atoms with Gasteiger partial charge in [-0.2, -0.15) is 0 Å². The Kier molecular flexibility index (Phi) is 4.75. The van der Waals surface area contributed by atoms with Crippen molar-refractivity contribution < 1.29 is 14.3 Å². The minimum atomic E-state index is -0.262. The number of nitrogens with zero attached hydrogens (tertiary/aromatic N) is 1. The van der Waals surface area contributed by atoms with Crippen molar-refractivity contribution in [3.05, 3.63) is 57.7 Å². The van der Waals surface area contributed by atoms with E-state index in [-0.39, 0.29) is 18.1 Å². The summed E-state index contributed by atoms with van der Waals surface area (Å²) in [5.74, 6) is 0.626. The van der Waals surface area contributed by atoms with Crippen LogP contribution in [0.2, 0.25) is 0 Å². The van der Waals surface area contributed by atoms with Gasteiger partial charge in [0.25, 0.3) is 0 Å². The van der Waals surface area contributed by atoms with Crippen LogP contribution >= 0.6 is 22.6 Å². The molecule has 4 nitrogen and oxygen atoms in total. The van der Waals surface area contributed by atoms with E-state index in [2.05, 4.69) is 39.6 Å². The van der Waals surface area contributed by atoms with E-state index in [1.807, 2.05) is 43.3 Å². The molecule has 0 aliphatic carbocycles. The molecule has 120 valence electrons. The first-order valence-electron chi connectivity index (χ1n) is 7.50. The molecule has 1 saturated heterocycles. The van der Waals surface area contributed by atoms with Crippen molar-refractivity contribution in [1.82, 2.24) is 0 Å². The van der Waals surface area contributed by atoms with Gasteiger partial charge in [0, 0.05) is 9.26 Å². The number of esters is 1. The highest BCUT2D eigenvalue weighted by Crippen LogP contribution is 2.48. The van der Waals surface area contributed by atoms with Gasteiger partial charge >= 0.3 is 5.97 Å². The molecule has 1 heterocycles. The van der Waals surface area contributed by atoms with E-state index in [1.165, 1.54) is 0 Å². The van der Waals surface area contributed by atoms with Crippen molar-refractivity contribution >= 4 is 34.2 Å². The van der Waals surface area contributed by atoms with Gasteiger partial charge in [0.1, 0.15) is 5.75 Å². The molecule has 0 radical (unpaired) electrons. The van der Waals surface area contributed by atoms with E-state index in [1.54, 1.807) is 7.11 Å². The molecule has 0 saturated carbocycles. The molecule has 2 aromatic rings. The van der Waals surface area contributed by atoms with Crippen LogP contribution < -0.4 is 9.64 Å². The minimum Gasteiger partial charge on any atom is -0.497 e. The molecular weight excluding hydrogens is 405 g/mol. The summed E-state index contributed by atoms with van der Waals surface area (Å²) in [6, 6.07) is 15.7. The van der Waals surface area contributed by atoms with E-state index >= 15 is 0 Å². The zero-order chi connectivity index (χ0) is 16.4. The Balaban J connectivity index is 1.90. The Labute approximate surface area is 149 Å². The Bertz CT molecular complexity index is 702. The second kappa shape index (κ2) is 6.78. The van der Waals surface area contributed by atoms with E-state index in [0.717, 1.165) is 20.6 Å². The highest BCUT2D eigenvalue weighted by Gasteiger charge is 2.54. The molecule has 2 atom stereocenters. The van der Waals surface area contributed by atoms with Crippen molar-refractivity contribution in [2.24, 2.45) is 0 Å². The van der Waals surface area contributed by atoms with Crippen LogP contribution in [0.5, 0.6) is 5.75 Å². The fourth-order valence-corrected chi connectivity index (χ4v) is 3.38. The van der Waals surface area contributed by atoms with Crippen LogP contribution in [0.4, 0.5) is 5.69 Å². The number of benzene rings is 2. The summed E-state index contributed by atoms with van der Waals surface area (Å²) in [6.07, 6.45) is 0. The third-order valence-electron chi connectivity index (χ3n) is 3.90. The normalized spacial score (nSPS) is 19.3. The molecule has 5 heteroatoms. The van der Waals surface area contributed by atoms with Gasteiger partial charge in [-0.05, 0) is 71.5 Å². The predicted molar refractivity (Wildman–Crippen MR) is 97.8 cm³/mol. The van der Waals surface area contributed by atoms with E-state index in [0.29, 0.717) is 6.61 Å². The fourth-order valence-electron chi connectivity index (χ4n) is 2.81. The van der Waals surface area contributed by atoms with Crippen LogP contribution in [0.25, 0.3) is 0 Å². The molecule has 1 aliphatic rings. The molecule has 1 aliphatic heterocycles. The molecule has 3 rings (SSSR count). The Hall–Kier alpha value is -1.76. The maximum absolute atomic E-state index is 12.3. The number of carbonyl (C=O) groups excluding carboxylic acids is 1. The summed E-state index contributed by atoms with van der Waals surface area (Å²) in [7, 11) is 1.64. The summed E-state index contributed by atoms with van der Waals surface area (Å²) >= 11 is 2.29. The number of halogens is 1. The molecule has 1 fully saturated rings. The number of methoxy groups -OCH3 is 1. The van der Waals surface area contributed by atoms with Crippen molar-refractivity contribution in [1.29, 1.82) is 0 Å². The lowest BCUT2D eigenvalue weighted by atomic mass is 10.1. The third kappa shape index (κ3) is 3.29. The third-order valence-corrected chi connectivity index (χ3v) is 4.57. The number of rotatable bonds is 5. The molecule has 0 N–H and O–H groups in total. The average molecular weight is 423 g/mol. The van der Waals surface area contributed by atoms with Gasteiger partial charge in [-0.25, -0.2) is 4.79 Å². The molecule has 0 bridgehead atoms. The van der Waals surface area contributed by atoms with Gasteiger partial charge in [0.05, 0.1) is 19.8 Å². The highest BCUT2D eigenvalue weighted by molar-refractivity contribution is 14.1. The minimum absolute atomic E-state index is 0.0251. The molecule has 2 aromatic carbocycles. The number of anilines is 1. The number of hydrogen-bond acceptors (Lipinski definition) is 4. The molecule has 23 heavy (non-hydrogen) atoms. The fraction of sp³-hybridized carbons (Fsp3) is 0.278. The van der Waals surface area contributed by atoms with Gasteiger partial charge in [-0.15, -0.1) is 0 Å². The summed E-state index contributed by atoms with van der Waals surface area (Å²) in [4.78, 5) is 14.4. The van der Waals surface area contributed by atoms with E-state index in [9.17, 15) is 4.79 Å². The molecule has 0 spiro atoms. The van der Waals surface area contributed by atoms with Gasteiger partial charge in [0.2, 0.25) is 0 Å². The summed E-state index contributed by atoms with van der Waals surface area (Å²) in [5.41, 5.74) is 2.12. The lowest BCUT2D eigenvalue weighted by molar-refractivity contribution is -0.142. The van der Waals surface area contributed by atoms with Gasteiger partial charge in [-0.1, -0.05) is 12.1 Å². The number of carbonyl (C=O) groups is 1. The Morgan fingerprint density at radius 3 is 2.57 bits per heavy atom. The van der Waals surface area contributed by atoms with Crippen molar-refractivity contribution in [3.63, 3.8) is 0 Å². The lowest BCUT2D eigenvalue weighted by Crippen LogP contribution is -2.15. The van der Waals surface area contributed by atoms with Crippen molar-refractivity contribution in [2.75, 3.05) is 18.6 Å². The van der Waals surface area contributed by atoms with Crippen LogP contribution in [-0.2, 0) is 9.53 Å². The summed E-state index contributed by atoms with van der Waals surface area (Å²) < 4.78 is 11.6.